The van der Waals surface area contributed by atoms with Crippen LogP contribution in [0.2, 0.25) is 0 Å². The summed E-state index contributed by atoms with van der Waals surface area (Å²) in [4.78, 5) is 24.5. The maximum Gasteiger partial charge on any atom is 0.243 e. The van der Waals surface area contributed by atoms with Crippen LogP contribution >= 0.6 is 0 Å². The van der Waals surface area contributed by atoms with Gasteiger partial charge < -0.3 is 10.4 Å². The van der Waals surface area contributed by atoms with Gasteiger partial charge in [0.05, 0.1) is 11.6 Å². The fourth-order valence-corrected chi connectivity index (χ4v) is 12.2. The first-order valence-electron chi connectivity index (χ1n) is 18.3. The Kier molecular flexibility index (Phi) is 9.51. The highest BCUT2D eigenvalue weighted by Gasteiger charge is 2.68. The molecule has 0 aromatic heterocycles. The molecule has 5 rings (SSSR count). The summed E-state index contributed by atoms with van der Waals surface area (Å²) in [6.45, 7) is 17.6. The first-order chi connectivity index (χ1) is 20.7. The Hall–Kier alpha value is -1.40. The molecule has 0 bridgehead atoms. The van der Waals surface area contributed by atoms with E-state index in [0.29, 0.717) is 30.1 Å². The summed E-state index contributed by atoms with van der Waals surface area (Å²) in [7, 11) is 0. The van der Waals surface area contributed by atoms with Crippen LogP contribution in [-0.2, 0) is 9.59 Å². The van der Waals surface area contributed by atoms with Gasteiger partial charge in [0.25, 0.3) is 0 Å². The van der Waals surface area contributed by atoms with Crippen LogP contribution in [0.15, 0.2) is 11.6 Å². The van der Waals surface area contributed by atoms with Crippen molar-refractivity contribution in [3.8, 4) is 0 Å². The van der Waals surface area contributed by atoms with Crippen LogP contribution in [-0.4, -0.2) is 33.8 Å². The second-order valence-corrected chi connectivity index (χ2v) is 17.5. The van der Waals surface area contributed by atoms with Gasteiger partial charge in [-0.2, -0.15) is 0 Å². The third-order valence-electron chi connectivity index (χ3n) is 15.4. The molecular formula is C38H64N2O4. The first kappa shape index (κ1) is 33.9. The van der Waals surface area contributed by atoms with E-state index in [-0.39, 0.29) is 34.0 Å². The number of unbranched alkanes of at least 4 members (excludes halogenated alkanes) is 4. The van der Waals surface area contributed by atoms with E-state index >= 15 is 0 Å². The molecule has 0 heterocycles. The van der Waals surface area contributed by atoms with Gasteiger partial charge in [-0.25, -0.2) is 5.48 Å². The smallest absolute Gasteiger partial charge is 0.243 e. The number of fused-ring (bicyclic) bond motifs is 7. The van der Waals surface area contributed by atoms with Gasteiger partial charge in [-0.3, -0.25) is 14.8 Å². The fourth-order valence-electron chi connectivity index (χ4n) is 12.2. The first-order valence-corrected chi connectivity index (χ1v) is 18.3. The van der Waals surface area contributed by atoms with Crippen LogP contribution < -0.4 is 10.8 Å². The predicted molar refractivity (Wildman–Crippen MR) is 176 cm³/mol. The molecule has 0 radical (unpaired) electrons. The van der Waals surface area contributed by atoms with E-state index in [9.17, 15) is 14.7 Å². The Morgan fingerprint density at radius 2 is 1.48 bits per heavy atom. The van der Waals surface area contributed by atoms with Gasteiger partial charge in [0.2, 0.25) is 11.8 Å². The number of carbonyl (C=O) groups is 2. The monoisotopic (exact) mass is 612 g/mol. The average Bonchev–Trinajstić information content (AvgIpc) is 2.97. The van der Waals surface area contributed by atoms with Crippen LogP contribution in [0.5, 0.6) is 0 Å². The summed E-state index contributed by atoms with van der Waals surface area (Å²) in [6, 6.07) is 0. The molecule has 0 aliphatic heterocycles. The Bertz CT molecular complexity index is 1120. The quantitative estimate of drug-likeness (QED) is 0.0915. The highest BCUT2D eigenvalue weighted by Crippen LogP contribution is 2.75. The molecule has 6 heteroatoms. The number of amides is 2. The molecule has 5 aliphatic carbocycles. The second kappa shape index (κ2) is 12.3. The largest absolute Gasteiger partial charge is 0.391 e. The highest BCUT2D eigenvalue weighted by molar-refractivity contribution is 5.77. The number of aliphatic hydroxyl groups is 1. The van der Waals surface area contributed by atoms with E-state index in [4.69, 9.17) is 5.21 Å². The topological polar surface area (TPSA) is 98.7 Å². The summed E-state index contributed by atoms with van der Waals surface area (Å²) < 4.78 is 0. The van der Waals surface area contributed by atoms with Crippen molar-refractivity contribution in [2.24, 2.45) is 51.2 Å². The van der Waals surface area contributed by atoms with E-state index in [1.807, 2.05) is 0 Å². The SMILES string of the molecule is C[C@H]1[C@H](C)CC[C@]2(C)CC[C@]3(C)C(=CC[C@@H]4[C@@]5(C)CC[C@@H](O)[C@](C)(NC(=O)CCCCCCCC(=O)NO)[C@@H]5CC[C@]43C)[C@H]12. The molecule has 0 aromatic rings. The summed E-state index contributed by atoms with van der Waals surface area (Å²) in [6.07, 6.45) is 18.0. The average molecular weight is 613 g/mol. The van der Waals surface area contributed by atoms with Crippen LogP contribution in [0, 0.1) is 51.2 Å². The van der Waals surface area contributed by atoms with Crippen LogP contribution in [0.3, 0.4) is 0 Å². The Morgan fingerprint density at radius 3 is 2.16 bits per heavy atom. The zero-order valence-corrected chi connectivity index (χ0v) is 29.1. The Morgan fingerprint density at radius 1 is 0.818 bits per heavy atom. The van der Waals surface area contributed by atoms with E-state index in [0.717, 1.165) is 69.6 Å². The van der Waals surface area contributed by atoms with Gasteiger partial charge in [-0.05, 0) is 129 Å². The molecule has 11 atom stereocenters. The number of aliphatic hydroxyl groups excluding tert-OH is 1. The molecule has 0 unspecified atom stereocenters. The van der Waals surface area contributed by atoms with Crippen LogP contribution in [0.1, 0.15) is 151 Å². The summed E-state index contributed by atoms with van der Waals surface area (Å²) >= 11 is 0. The van der Waals surface area contributed by atoms with E-state index in [2.05, 4.69) is 59.9 Å². The van der Waals surface area contributed by atoms with Crippen LogP contribution in [0.25, 0.3) is 0 Å². The maximum absolute atomic E-state index is 13.4. The maximum atomic E-state index is 13.4. The van der Waals surface area contributed by atoms with Gasteiger partial charge in [0.15, 0.2) is 0 Å². The lowest BCUT2D eigenvalue weighted by Gasteiger charge is -2.71. The zero-order valence-electron chi connectivity index (χ0n) is 29.1. The summed E-state index contributed by atoms with van der Waals surface area (Å²) in [5.74, 6) is 2.77. The Balaban J connectivity index is 1.30. The van der Waals surface area contributed by atoms with Gasteiger partial charge >= 0.3 is 0 Å². The minimum Gasteiger partial charge on any atom is -0.391 e. The van der Waals surface area contributed by atoms with Gasteiger partial charge in [0, 0.05) is 12.8 Å². The van der Waals surface area contributed by atoms with E-state index in [1.54, 1.807) is 11.1 Å². The van der Waals surface area contributed by atoms with Crippen molar-refractivity contribution in [3.05, 3.63) is 11.6 Å². The molecule has 250 valence electrons. The minimum absolute atomic E-state index is 0.0635. The van der Waals surface area contributed by atoms with Crippen LogP contribution in [0.4, 0.5) is 0 Å². The molecule has 5 aliphatic rings. The lowest BCUT2D eigenvalue weighted by atomic mass is 9.34. The minimum atomic E-state index is -0.605. The molecule has 44 heavy (non-hydrogen) atoms. The zero-order chi connectivity index (χ0) is 32.1. The van der Waals surface area contributed by atoms with Crippen molar-refractivity contribution in [3.63, 3.8) is 0 Å². The van der Waals surface area contributed by atoms with Crippen molar-refractivity contribution in [1.29, 1.82) is 0 Å². The van der Waals surface area contributed by atoms with Gasteiger partial charge in [-0.1, -0.05) is 72.5 Å². The van der Waals surface area contributed by atoms with E-state index < -0.39 is 11.6 Å². The van der Waals surface area contributed by atoms with Crippen molar-refractivity contribution in [2.75, 3.05) is 0 Å². The van der Waals surface area contributed by atoms with Crippen molar-refractivity contribution in [2.45, 2.75) is 163 Å². The van der Waals surface area contributed by atoms with Gasteiger partial charge in [-0.15, -0.1) is 0 Å². The number of hydrogen-bond acceptors (Lipinski definition) is 4. The number of hydrogen-bond donors (Lipinski definition) is 4. The molecule has 0 spiro atoms. The number of allylic oxidation sites excluding steroid dienone is 2. The molecule has 6 nitrogen and oxygen atoms in total. The molecule has 0 aromatic carbocycles. The number of rotatable bonds is 9. The fraction of sp³-hybridized carbons (Fsp3) is 0.895. The number of hydroxylamine groups is 1. The highest BCUT2D eigenvalue weighted by atomic mass is 16.5. The Labute approximate surface area is 267 Å². The molecule has 4 saturated carbocycles. The summed E-state index contributed by atoms with van der Waals surface area (Å²) in [5, 5.41) is 23.6. The summed E-state index contributed by atoms with van der Waals surface area (Å²) in [5.41, 5.74) is 3.84. The molecule has 0 saturated heterocycles. The third kappa shape index (κ3) is 5.40. The molecule has 4 N–H and O–H groups in total. The normalized spacial score (nSPS) is 46.4. The van der Waals surface area contributed by atoms with Gasteiger partial charge in [0.1, 0.15) is 0 Å². The molecular weight excluding hydrogens is 548 g/mol. The molecule has 2 amide bonds. The third-order valence-corrected chi connectivity index (χ3v) is 15.4. The van der Waals surface area contributed by atoms with Crippen molar-refractivity contribution >= 4 is 11.8 Å². The standard InChI is InChI=1S/C38H64N2O4/c1-25-17-20-34(3)23-24-36(5)27(33(34)26(25)2)15-16-28-35(4)21-19-30(41)38(7,29(35)18-22-37(28,36)6)39-31(42)13-11-9-8-10-12-14-32(43)40-44/h15,25-26,28-30,33,41,44H,8-14,16-24H2,1-7H3,(H,39,42)(H,40,43)/t25-,26+,28-,29-,30-,33+,34-,35-,36-,37-,38-/m1/s1. The lowest BCUT2D eigenvalue weighted by molar-refractivity contribution is -0.193. The number of carbonyl (C=O) groups excluding carboxylic acids is 2. The lowest BCUT2D eigenvalue weighted by Crippen LogP contribution is -2.71. The second-order valence-electron chi connectivity index (χ2n) is 17.5. The predicted octanol–water partition coefficient (Wildman–Crippen LogP) is 8.11. The van der Waals surface area contributed by atoms with Crippen molar-refractivity contribution < 1.29 is 19.9 Å². The van der Waals surface area contributed by atoms with Crippen molar-refractivity contribution in [1.82, 2.24) is 10.8 Å². The van der Waals surface area contributed by atoms with E-state index in [1.165, 1.54) is 32.1 Å². The molecule has 4 fully saturated rings. The number of nitrogens with one attached hydrogen (secondary N) is 2.